The van der Waals surface area contributed by atoms with Crippen molar-refractivity contribution < 1.29 is 0 Å². The van der Waals surface area contributed by atoms with Gasteiger partial charge in [-0.2, -0.15) is 0 Å². The number of hydrogen-bond acceptors (Lipinski definition) is 3. The Morgan fingerprint density at radius 1 is 1.14 bits per heavy atom. The summed E-state index contributed by atoms with van der Waals surface area (Å²) in [5.74, 6) is 0.767. The monoisotopic (exact) mass is 249 g/mol. The molecule has 0 unspecified atom stereocenters. The molecule has 0 spiro atoms. The molecule has 0 aliphatic rings. The number of nitrogens with zero attached hydrogens (tertiary/aromatic N) is 3. The molecule has 0 aliphatic heterocycles. The third-order valence-electron chi connectivity index (χ3n) is 1.80. The summed E-state index contributed by atoms with van der Waals surface area (Å²) in [5, 5.41) is 0. The molecular weight excluding hydrogens is 242 g/mol. The van der Waals surface area contributed by atoms with Crippen LogP contribution in [-0.2, 0) is 0 Å². The van der Waals surface area contributed by atoms with E-state index in [1.165, 1.54) is 0 Å². The number of halogens is 1. The third-order valence-corrected chi connectivity index (χ3v) is 2.29. The zero-order valence-electron chi connectivity index (χ0n) is 7.61. The maximum atomic E-state index is 4.23. The first-order valence-electron chi connectivity index (χ1n) is 4.16. The standard InChI is InChI=1S/C10H8BrN3/c1-7-13-5-8(6-14-7)10-4-9(11)2-3-12-10/h2-6H,1H3. The van der Waals surface area contributed by atoms with E-state index in [2.05, 4.69) is 30.9 Å². The highest BCUT2D eigenvalue weighted by Gasteiger charge is 2.00. The quantitative estimate of drug-likeness (QED) is 0.780. The molecule has 0 fully saturated rings. The van der Waals surface area contributed by atoms with Crippen LogP contribution in [-0.4, -0.2) is 15.0 Å². The predicted molar refractivity (Wildman–Crippen MR) is 57.7 cm³/mol. The van der Waals surface area contributed by atoms with Crippen LogP contribution in [0.2, 0.25) is 0 Å². The Morgan fingerprint density at radius 3 is 2.50 bits per heavy atom. The second-order valence-electron chi connectivity index (χ2n) is 2.88. The van der Waals surface area contributed by atoms with Crippen LogP contribution in [0.4, 0.5) is 0 Å². The van der Waals surface area contributed by atoms with Crippen LogP contribution in [0.3, 0.4) is 0 Å². The van der Waals surface area contributed by atoms with Gasteiger partial charge in [-0.1, -0.05) is 15.9 Å². The number of aryl methyl sites for hydroxylation is 1. The van der Waals surface area contributed by atoms with Crippen LogP contribution in [0.25, 0.3) is 11.3 Å². The minimum Gasteiger partial charge on any atom is -0.256 e. The van der Waals surface area contributed by atoms with Gasteiger partial charge in [-0.15, -0.1) is 0 Å². The van der Waals surface area contributed by atoms with Crippen molar-refractivity contribution in [2.45, 2.75) is 6.92 Å². The summed E-state index contributed by atoms with van der Waals surface area (Å²) in [7, 11) is 0. The molecular formula is C10H8BrN3. The number of hydrogen-bond donors (Lipinski definition) is 0. The summed E-state index contributed by atoms with van der Waals surface area (Å²) in [6, 6.07) is 3.83. The van der Waals surface area contributed by atoms with Crippen molar-refractivity contribution in [1.82, 2.24) is 15.0 Å². The van der Waals surface area contributed by atoms with Gasteiger partial charge in [0.05, 0.1) is 5.69 Å². The van der Waals surface area contributed by atoms with Crippen LogP contribution >= 0.6 is 15.9 Å². The highest BCUT2D eigenvalue weighted by molar-refractivity contribution is 9.10. The van der Waals surface area contributed by atoms with E-state index in [4.69, 9.17) is 0 Å². The number of aromatic nitrogens is 3. The minimum atomic E-state index is 0.767. The molecule has 2 aromatic rings. The van der Waals surface area contributed by atoms with E-state index in [0.717, 1.165) is 21.6 Å². The van der Waals surface area contributed by atoms with Gasteiger partial charge in [0.25, 0.3) is 0 Å². The molecule has 0 atom stereocenters. The van der Waals surface area contributed by atoms with Gasteiger partial charge < -0.3 is 0 Å². The van der Waals surface area contributed by atoms with E-state index in [9.17, 15) is 0 Å². The molecule has 0 N–H and O–H groups in total. The highest BCUT2D eigenvalue weighted by Crippen LogP contribution is 2.18. The molecule has 0 amide bonds. The van der Waals surface area contributed by atoms with Crippen molar-refractivity contribution in [1.29, 1.82) is 0 Å². The van der Waals surface area contributed by atoms with E-state index in [1.54, 1.807) is 18.6 Å². The lowest BCUT2D eigenvalue weighted by molar-refractivity contribution is 1.05. The Kier molecular flexibility index (Phi) is 2.54. The normalized spacial score (nSPS) is 10.1. The molecule has 0 aromatic carbocycles. The Balaban J connectivity index is 2.44. The minimum absolute atomic E-state index is 0.767. The molecule has 70 valence electrons. The van der Waals surface area contributed by atoms with Crippen molar-refractivity contribution in [3.05, 3.63) is 41.0 Å². The van der Waals surface area contributed by atoms with Crippen LogP contribution in [0, 0.1) is 6.92 Å². The van der Waals surface area contributed by atoms with Crippen molar-refractivity contribution in [2.24, 2.45) is 0 Å². The number of pyridine rings is 1. The van der Waals surface area contributed by atoms with Gasteiger partial charge >= 0.3 is 0 Å². The van der Waals surface area contributed by atoms with Gasteiger partial charge in [0.1, 0.15) is 5.82 Å². The largest absolute Gasteiger partial charge is 0.256 e. The molecule has 3 nitrogen and oxygen atoms in total. The zero-order valence-corrected chi connectivity index (χ0v) is 9.19. The van der Waals surface area contributed by atoms with Gasteiger partial charge in [-0.25, -0.2) is 9.97 Å². The smallest absolute Gasteiger partial charge is 0.125 e. The Bertz CT molecular complexity index is 439. The first kappa shape index (κ1) is 9.27. The van der Waals surface area contributed by atoms with Gasteiger partial charge in [0.2, 0.25) is 0 Å². The SMILES string of the molecule is Cc1ncc(-c2cc(Br)ccn2)cn1. The van der Waals surface area contributed by atoms with Gasteiger partial charge in [-0.05, 0) is 19.1 Å². The predicted octanol–water partition coefficient (Wildman–Crippen LogP) is 2.61. The van der Waals surface area contributed by atoms with E-state index in [1.807, 2.05) is 19.1 Å². The lowest BCUT2D eigenvalue weighted by Crippen LogP contribution is -1.89. The van der Waals surface area contributed by atoms with Crippen molar-refractivity contribution in [2.75, 3.05) is 0 Å². The summed E-state index contributed by atoms with van der Waals surface area (Å²) in [6.45, 7) is 1.86. The summed E-state index contributed by atoms with van der Waals surface area (Å²) in [4.78, 5) is 12.5. The molecule has 0 bridgehead atoms. The Labute approximate surface area is 90.4 Å². The molecule has 0 saturated heterocycles. The van der Waals surface area contributed by atoms with Crippen LogP contribution in [0.15, 0.2) is 35.2 Å². The number of rotatable bonds is 1. The first-order valence-corrected chi connectivity index (χ1v) is 4.95. The van der Waals surface area contributed by atoms with Crippen molar-refractivity contribution in [3.8, 4) is 11.3 Å². The lowest BCUT2D eigenvalue weighted by Gasteiger charge is -1.99. The fraction of sp³-hybridized carbons (Fsp3) is 0.100. The fourth-order valence-corrected chi connectivity index (χ4v) is 1.42. The van der Waals surface area contributed by atoms with Crippen molar-refractivity contribution >= 4 is 15.9 Å². The molecule has 2 rings (SSSR count). The fourth-order valence-electron chi connectivity index (χ4n) is 1.09. The van der Waals surface area contributed by atoms with Gasteiger partial charge in [0, 0.05) is 28.6 Å². The summed E-state index contributed by atoms with van der Waals surface area (Å²) in [5.41, 5.74) is 1.80. The lowest BCUT2D eigenvalue weighted by atomic mass is 10.2. The second-order valence-corrected chi connectivity index (χ2v) is 3.79. The van der Waals surface area contributed by atoms with E-state index < -0.39 is 0 Å². The van der Waals surface area contributed by atoms with Crippen LogP contribution in [0.1, 0.15) is 5.82 Å². The Morgan fingerprint density at radius 2 is 1.86 bits per heavy atom. The molecule has 0 saturated carbocycles. The maximum Gasteiger partial charge on any atom is 0.125 e. The highest BCUT2D eigenvalue weighted by atomic mass is 79.9. The van der Waals surface area contributed by atoms with Crippen LogP contribution < -0.4 is 0 Å². The van der Waals surface area contributed by atoms with E-state index in [0.29, 0.717) is 0 Å². The summed E-state index contributed by atoms with van der Waals surface area (Å²) >= 11 is 3.39. The average Bonchev–Trinajstić information content (AvgIpc) is 2.19. The molecule has 4 heteroatoms. The topological polar surface area (TPSA) is 38.7 Å². The Hall–Kier alpha value is -1.29. The van der Waals surface area contributed by atoms with Gasteiger partial charge in [0.15, 0.2) is 0 Å². The first-order chi connectivity index (χ1) is 6.75. The van der Waals surface area contributed by atoms with E-state index in [-0.39, 0.29) is 0 Å². The molecule has 2 aromatic heterocycles. The van der Waals surface area contributed by atoms with Crippen molar-refractivity contribution in [3.63, 3.8) is 0 Å². The van der Waals surface area contributed by atoms with Crippen LogP contribution in [0.5, 0.6) is 0 Å². The molecule has 2 heterocycles. The molecule has 0 radical (unpaired) electrons. The maximum absolute atomic E-state index is 4.23. The molecule has 0 aliphatic carbocycles. The zero-order chi connectivity index (χ0) is 9.97. The molecule has 14 heavy (non-hydrogen) atoms. The summed E-state index contributed by atoms with van der Waals surface area (Å²) in [6.07, 6.45) is 5.30. The van der Waals surface area contributed by atoms with E-state index >= 15 is 0 Å². The third kappa shape index (κ3) is 1.96. The van der Waals surface area contributed by atoms with Gasteiger partial charge in [-0.3, -0.25) is 4.98 Å². The summed E-state index contributed by atoms with van der Waals surface area (Å²) < 4.78 is 1.00. The second kappa shape index (κ2) is 3.84. The average molecular weight is 250 g/mol.